The lowest BCUT2D eigenvalue weighted by Gasteiger charge is -2.32. The number of hydrogen-bond donors (Lipinski definition) is 2. The molecule has 0 unspecified atom stereocenters. The highest BCUT2D eigenvalue weighted by molar-refractivity contribution is 5.77. The molecule has 0 saturated heterocycles. The Morgan fingerprint density at radius 2 is 2.07 bits per heavy atom. The summed E-state index contributed by atoms with van der Waals surface area (Å²) in [4.78, 5) is 11.5. The average molecular weight is 209 g/mol. The fourth-order valence-corrected chi connectivity index (χ4v) is 2.07. The summed E-state index contributed by atoms with van der Waals surface area (Å²) < 4.78 is 0. The van der Waals surface area contributed by atoms with E-state index in [0.717, 1.165) is 25.7 Å². The van der Waals surface area contributed by atoms with Gasteiger partial charge in [0.05, 0.1) is 12.5 Å². The summed E-state index contributed by atoms with van der Waals surface area (Å²) in [6.07, 6.45) is 6.14. The van der Waals surface area contributed by atoms with Crippen molar-refractivity contribution in [1.82, 2.24) is 5.32 Å². The molecule has 0 atom stereocenters. The largest absolute Gasteiger partial charge is 0.355 e. The minimum absolute atomic E-state index is 0.0188. The first kappa shape index (κ1) is 12.0. The Balaban J connectivity index is 2.26. The second-order valence-electron chi connectivity index (χ2n) is 4.36. The maximum atomic E-state index is 11.5. The third kappa shape index (κ3) is 4.30. The van der Waals surface area contributed by atoms with Gasteiger partial charge in [-0.25, -0.2) is 0 Å². The van der Waals surface area contributed by atoms with E-state index in [0.29, 0.717) is 19.4 Å². The molecule has 0 heterocycles. The van der Waals surface area contributed by atoms with Gasteiger partial charge < -0.3 is 11.1 Å². The minimum Gasteiger partial charge on any atom is -0.355 e. The van der Waals surface area contributed by atoms with Gasteiger partial charge in [-0.1, -0.05) is 19.3 Å². The first-order valence-corrected chi connectivity index (χ1v) is 5.59. The third-order valence-electron chi connectivity index (χ3n) is 2.92. The smallest absolute Gasteiger partial charge is 0.221 e. The van der Waals surface area contributed by atoms with Gasteiger partial charge in [-0.3, -0.25) is 4.79 Å². The summed E-state index contributed by atoms with van der Waals surface area (Å²) in [6.45, 7) is 0.436. The van der Waals surface area contributed by atoms with E-state index in [9.17, 15) is 4.79 Å². The van der Waals surface area contributed by atoms with Crippen LogP contribution in [0.15, 0.2) is 0 Å². The summed E-state index contributed by atoms with van der Waals surface area (Å²) in [5.41, 5.74) is 5.84. The fraction of sp³-hybridized carbons (Fsp3) is 0.818. The van der Waals surface area contributed by atoms with Gasteiger partial charge in [-0.05, 0) is 12.8 Å². The van der Waals surface area contributed by atoms with Crippen LogP contribution in [0.4, 0.5) is 0 Å². The molecule has 1 aliphatic carbocycles. The Morgan fingerprint density at radius 1 is 1.40 bits per heavy atom. The monoisotopic (exact) mass is 209 g/mol. The number of amides is 1. The van der Waals surface area contributed by atoms with Gasteiger partial charge in [0.1, 0.15) is 0 Å². The molecular formula is C11H19N3O. The molecule has 4 nitrogen and oxygen atoms in total. The van der Waals surface area contributed by atoms with Crippen LogP contribution in [0.5, 0.6) is 0 Å². The SMILES string of the molecule is N#CCCNC(=O)CC1(N)CCCCC1. The number of carbonyl (C=O) groups is 1. The van der Waals surface area contributed by atoms with Gasteiger partial charge >= 0.3 is 0 Å². The lowest BCUT2D eigenvalue weighted by molar-refractivity contribution is -0.122. The number of rotatable bonds is 4. The van der Waals surface area contributed by atoms with Crippen LogP contribution in [0.3, 0.4) is 0 Å². The highest BCUT2D eigenvalue weighted by atomic mass is 16.1. The van der Waals surface area contributed by atoms with Crippen LogP contribution in [0.25, 0.3) is 0 Å². The molecule has 0 aromatic carbocycles. The Kier molecular flexibility index (Phi) is 4.57. The average Bonchev–Trinajstić information content (AvgIpc) is 2.18. The number of carbonyl (C=O) groups excluding carboxylic acids is 1. The Labute approximate surface area is 90.8 Å². The van der Waals surface area contributed by atoms with Crippen molar-refractivity contribution in [2.45, 2.75) is 50.5 Å². The summed E-state index contributed by atoms with van der Waals surface area (Å²) >= 11 is 0. The first-order valence-electron chi connectivity index (χ1n) is 5.59. The molecular weight excluding hydrogens is 190 g/mol. The molecule has 3 N–H and O–H groups in total. The van der Waals surface area contributed by atoms with Crippen molar-refractivity contribution in [1.29, 1.82) is 5.26 Å². The van der Waals surface area contributed by atoms with Gasteiger partial charge in [-0.15, -0.1) is 0 Å². The number of nitrogens with zero attached hydrogens (tertiary/aromatic N) is 1. The van der Waals surface area contributed by atoms with E-state index in [2.05, 4.69) is 5.32 Å². The first-order chi connectivity index (χ1) is 7.16. The maximum Gasteiger partial charge on any atom is 0.221 e. The number of nitrogens with one attached hydrogen (secondary N) is 1. The number of nitrogens with two attached hydrogens (primary N) is 1. The summed E-state index contributed by atoms with van der Waals surface area (Å²) in [5, 5.41) is 11.0. The van der Waals surface area contributed by atoms with Gasteiger partial charge in [0.25, 0.3) is 0 Å². The molecule has 84 valence electrons. The van der Waals surface area contributed by atoms with Gasteiger partial charge in [0, 0.05) is 18.5 Å². The van der Waals surface area contributed by atoms with Crippen molar-refractivity contribution < 1.29 is 4.79 Å². The molecule has 0 bridgehead atoms. The Bertz CT molecular complexity index is 251. The van der Waals surface area contributed by atoms with Crippen LogP contribution < -0.4 is 11.1 Å². The minimum atomic E-state index is -0.297. The normalized spacial score (nSPS) is 19.2. The number of hydrogen-bond acceptors (Lipinski definition) is 3. The fourth-order valence-electron chi connectivity index (χ4n) is 2.07. The zero-order chi connectivity index (χ0) is 11.1. The molecule has 4 heteroatoms. The van der Waals surface area contributed by atoms with Crippen molar-refractivity contribution in [3.63, 3.8) is 0 Å². The lowest BCUT2D eigenvalue weighted by Crippen LogP contribution is -2.46. The second-order valence-corrected chi connectivity index (χ2v) is 4.36. The van der Waals surface area contributed by atoms with E-state index >= 15 is 0 Å². The third-order valence-corrected chi connectivity index (χ3v) is 2.92. The number of nitriles is 1. The molecule has 1 fully saturated rings. The van der Waals surface area contributed by atoms with E-state index in [-0.39, 0.29) is 11.4 Å². The summed E-state index contributed by atoms with van der Waals surface area (Å²) in [7, 11) is 0. The molecule has 1 amide bonds. The molecule has 0 radical (unpaired) electrons. The van der Waals surface area contributed by atoms with Crippen LogP contribution in [0, 0.1) is 11.3 Å². The highest BCUT2D eigenvalue weighted by Gasteiger charge is 2.29. The van der Waals surface area contributed by atoms with E-state index in [4.69, 9.17) is 11.0 Å². The van der Waals surface area contributed by atoms with E-state index in [1.165, 1.54) is 6.42 Å². The molecule has 0 aliphatic heterocycles. The van der Waals surface area contributed by atoms with Crippen molar-refractivity contribution in [3.05, 3.63) is 0 Å². The Hall–Kier alpha value is -1.08. The maximum absolute atomic E-state index is 11.5. The van der Waals surface area contributed by atoms with Gasteiger partial charge in [0.2, 0.25) is 5.91 Å². The van der Waals surface area contributed by atoms with Crippen molar-refractivity contribution in [2.24, 2.45) is 5.73 Å². The molecule has 1 aliphatic rings. The molecule has 0 aromatic rings. The second kappa shape index (κ2) is 5.72. The predicted octanol–water partition coefficient (Wildman–Crippen LogP) is 1.07. The molecule has 0 aromatic heterocycles. The lowest BCUT2D eigenvalue weighted by atomic mass is 9.80. The van der Waals surface area contributed by atoms with Crippen LogP contribution in [-0.2, 0) is 4.79 Å². The summed E-state index contributed by atoms with van der Waals surface area (Å²) in [6, 6.07) is 1.99. The molecule has 1 saturated carbocycles. The standard InChI is InChI=1S/C11H19N3O/c12-7-4-8-14-10(15)9-11(13)5-2-1-3-6-11/h1-6,8-9,13H2,(H,14,15). The van der Waals surface area contributed by atoms with Crippen molar-refractivity contribution >= 4 is 5.91 Å². The molecule has 0 spiro atoms. The quantitative estimate of drug-likeness (QED) is 0.680. The van der Waals surface area contributed by atoms with Crippen molar-refractivity contribution in [2.75, 3.05) is 6.54 Å². The zero-order valence-electron chi connectivity index (χ0n) is 9.09. The predicted molar refractivity (Wildman–Crippen MR) is 57.9 cm³/mol. The van der Waals surface area contributed by atoms with Crippen LogP contribution in [0.2, 0.25) is 0 Å². The molecule has 1 rings (SSSR count). The van der Waals surface area contributed by atoms with Gasteiger partial charge in [-0.2, -0.15) is 5.26 Å². The van der Waals surface area contributed by atoms with E-state index < -0.39 is 0 Å². The Morgan fingerprint density at radius 3 is 2.67 bits per heavy atom. The van der Waals surface area contributed by atoms with E-state index in [1.54, 1.807) is 0 Å². The highest BCUT2D eigenvalue weighted by Crippen LogP contribution is 2.28. The molecule has 15 heavy (non-hydrogen) atoms. The topological polar surface area (TPSA) is 78.9 Å². The van der Waals surface area contributed by atoms with Crippen LogP contribution >= 0.6 is 0 Å². The van der Waals surface area contributed by atoms with Crippen molar-refractivity contribution in [3.8, 4) is 6.07 Å². The van der Waals surface area contributed by atoms with E-state index in [1.807, 2.05) is 6.07 Å². The van der Waals surface area contributed by atoms with Crippen LogP contribution in [0.1, 0.15) is 44.9 Å². The van der Waals surface area contributed by atoms with Gasteiger partial charge in [0.15, 0.2) is 0 Å². The van der Waals surface area contributed by atoms with Crippen LogP contribution in [-0.4, -0.2) is 18.0 Å². The summed E-state index contributed by atoms with van der Waals surface area (Å²) in [5.74, 6) is -0.0188. The zero-order valence-corrected chi connectivity index (χ0v) is 9.09.